The smallest absolute Gasteiger partial charge is 0.255 e. The molecular weight excluding hydrogens is 306 g/mol. The summed E-state index contributed by atoms with van der Waals surface area (Å²) in [5, 5.41) is 4.19. The van der Waals surface area contributed by atoms with E-state index in [1.165, 1.54) is 0 Å². The van der Waals surface area contributed by atoms with Crippen LogP contribution in [0.1, 0.15) is 21.1 Å². The van der Waals surface area contributed by atoms with Crippen LogP contribution in [0.15, 0.2) is 30.3 Å². The van der Waals surface area contributed by atoms with Gasteiger partial charge in [0.05, 0.1) is 15.2 Å². The van der Waals surface area contributed by atoms with Crippen molar-refractivity contribution >= 4 is 44.7 Å². The van der Waals surface area contributed by atoms with Crippen LogP contribution in [0.25, 0.3) is 10.2 Å². The Labute approximate surface area is 130 Å². The fraction of sp³-hybridized carbons (Fsp3) is 0.133. The number of carbonyl (C=O) groups excluding carboxylic acids is 1. The van der Waals surface area contributed by atoms with Gasteiger partial charge in [-0.25, -0.2) is 9.97 Å². The predicted molar refractivity (Wildman–Crippen MR) is 86.3 cm³/mol. The molecule has 0 aliphatic carbocycles. The number of nitrogens with one attached hydrogen (secondary N) is 1. The third-order valence-corrected chi connectivity index (χ3v) is 4.06. The van der Waals surface area contributed by atoms with E-state index < -0.39 is 0 Å². The van der Waals surface area contributed by atoms with Gasteiger partial charge in [0, 0.05) is 16.9 Å². The number of carbonyl (C=O) groups is 1. The van der Waals surface area contributed by atoms with Crippen molar-refractivity contribution in [1.29, 1.82) is 0 Å². The summed E-state index contributed by atoms with van der Waals surface area (Å²) >= 11 is 7.48. The molecule has 0 unspecified atom stereocenters. The molecule has 3 aromatic rings. The zero-order valence-corrected chi connectivity index (χ0v) is 13.0. The van der Waals surface area contributed by atoms with Gasteiger partial charge in [-0.2, -0.15) is 0 Å². The van der Waals surface area contributed by atoms with Gasteiger partial charge in [-0.3, -0.25) is 4.79 Å². The van der Waals surface area contributed by atoms with E-state index in [-0.39, 0.29) is 5.91 Å². The van der Waals surface area contributed by atoms with E-state index in [1.54, 1.807) is 30.4 Å². The zero-order valence-electron chi connectivity index (χ0n) is 11.5. The second-order valence-electron chi connectivity index (χ2n) is 4.69. The van der Waals surface area contributed by atoms with Crippen molar-refractivity contribution in [3.05, 3.63) is 51.7 Å². The number of amides is 1. The van der Waals surface area contributed by atoms with Crippen molar-refractivity contribution < 1.29 is 4.79 Å². The third kappa shape index (κ3) is 3.04. The lowest BCUT2D eigenvalue weighted by Gasteiger charge is -2.06. The molecule has 21 heavy (non-hydrogen) atoms. The number of thiazole rings is 1. The number of fused-ring (bicyclic) bond motifs is 1. The molecule has 0 aliphatic heterocycles. The van der Waals surface area contributed by atoms with Gasteiger partial charge >= 0.3 is 0 Å². The van der Waals surface area contributed by atoms with Gasteiger partial charge in [0.2, 0.25) is 0 Å². The average molecular weight is 318 g/mol. The Morgan fingerprint density at radius 2 is 2.00 bits per heavy atom. The van der Waals surface area contributed by atoms with Crippen LogP contribution in [0.5, 0.6) is 0 Å². The van der Waals surface area contributed by atoms with Gasteiger partial charge in [-0.05, 0) is 44.2 Å². The molecule has 0 aliphatic rings. The maximum Gasteiger partial charge on any atom is 0.255 e. The molecule has 0 saturated heterocycles. The van der Waals surface area contributed by atoms with Crippen molar-refractivity contribution in [2.45, 2.75) is 13.8 Å². The molecule has 2 aromatic heterocycles. The summed E-state index contributed by atoms with van der Waals surface area (Å²) in [4.78, 5) is 20.7. The summed E-state index contributed by atoms with van der Waals surface area (Å²) in [5.41, 5.74) is 2.88. The maximum atomic E-state index is 12.3. The van der Waals surface area contributed by atoms with Crippen molar-refractivity contribution in [1.82, 2.24) is 9.97 Å². The summed E-state index contributed by atoms with van der Waals surface area (Å²) in [5.74, 6) is -0.206. The van der Waals surface area contributed by atoms with E-state index in [0.717, 1.165) is 20.9 Å². The second kappa shape index (κ2) is 5.42. The van der Waals surface area contributed by atoms with Gasteiger partial charge < -0.3 is 5.32 Å². The van der Waals surface area contributed by atoms with Crippen LogP contribution in [0.4, 0.5) is 5.69 Å². The molecule has 0 fully saturated rings. The highest BCUT2D eigenvalue weighted by molar-refractivity contribution is 7.18. The first-order valence-electron chi connectivity index (χ1n) is 6.34. The van der Waals surface area contributed by atoms with Crippen LogP contribution in [0.2, 0.25) is 5.15 Å². The number of nitrogens with zero attached hydrogens (tertiary/aromatic N) is 2. The van der Waals surface area contributed by atoms with E-state index in [2.05, 4.69) is 15.3 Å². The quantitative estimate of drug-likeness (QED) is 0.720. The Kier molecular flexibility index (Phi) is 3.61. The first-order chi connectivity index (χ1) is 10.0. The fourth-order valence-corrected chi connectivity index (χ4v) is 3.20. The highest BCUT2D eigenvalue weighted by Crippen LogP contribution is 2.25. The SMILES string of the molecule is Cc1cc(C(=O)Nc2ccc3nc(C)sc3c2)cc(Cl)n1. The third-order valence-electron chi connectivity index (χ3n) is 2.94. The highest BCUT2D eigenvalue weighted by Gasteiger charge is 2.09. The van der Waals surface area contributed by atoms with Crippen molar-refractivity contribution in [3.8, 4) is 0 Å². The molecule has 0 saturated carbocycles. The van der Waals surface area contributed by atoms with Gasteiger partial charge in [-0.15, -0.1) is 11.3 Å². The summed E-state index contributed by atoms with van der Waals surface area (Å²) in [6.07, 6.45) is 0. The number of benzene rings is 1. The number of halogens is 1. The van der Waals surface area contributed by atoms with Crippen LogP contribution in [-0.2, 0) is 0 Å². The van der Waals surface area contributed by atoms with Crippen LogP contribution in [0.3, 0.4) is 0 Å². The molecule has 1 N–H and O–H groups in total. The lowest BCUT2D eigenvalue weighted by atomic mass is 10.2. The fourth-order valence-electron chi connectivity index (χ4n) is 2.08. The molecular formula is C15H12ClN3OS. The number of pyridine rings is 1. The molecule has 0 bridgehead atoms. The molecule has 6 heteroatoms. The lowest BCUT2D eigenvalue weighted by Crippen LogP contribution is -2.12. The van der Waals surface area contributed by atoms with Gasteiger partial charge in [0.15, 0.2) is 0 Å². The topological polar surface area (TPSA) is 54.9 Å². The average Bonchev–Trinajstić information content (AvgIpc) is 2.77. The monoisotopic (exact) mass is 317 g/mol. The predicted octanol–water partition coefficient (Wildman–Crippen LogP) is 4.21. The Hall–Kier alpha value is -1.98. The Balaban J connectivity index is 1.88. The molecule has 0 atom stereocenters. The molecule has 3 rings (SSSR count). The largest absolute Gasteiger partial charge is 0.322 e. The minimum atomic E-state index is -0.206. The highest BCUT2D eigenvalue weighted by atomic mass is 35.5. The Morgan fingerprint density at radius 1 is 1.19 bits per heavy atom. The van der Waals surface area contributed by atoms with E-state index in [0.29, 0.717) is 16.4 Å². The number of aromatic nitrogens is 2. The number of aryl methyl sites for hydroxylation is 2. The van der Waals surface area contributed by atoms with Crippen LogP contribution in [0, 0.1) is 13.8 Å². The Bertz CT molecular complexity index is 824. The van der Waals surface area contributed by atoms with Crippen molar-refractivity contribution in [3.63, 3.8) is 0 Å². The molecule has 1 amide bonds. The summed E-state index contributed by atoms with van der Waals surface area (Å²) < 4.78 is 1.05. The summed E-state index contributed by atoms with van der Waals surface area (Å²) in [7, 11) is 0. The minimum absolute atomic E-state index is 0.206. The molecule has 106 valence electrons. The van der Waals surface area contributed by atoms with Gasteiger partial charge in [0.1, 0.15) is 5.15 Å². The van der Waals surface area contributed by atoms with Crippen LogP contribution in [-0.4, -0.2) is 15.9 Å². The number of anilines is 1. The Morgan fingerprint density at radius 3 is 2.76 bits per heavy atom. The normalized spacial score (nSPS) is 10.8. The summed E-state index contributed by atoms with van der Waals surface area (Å²) in [6, 6.07) is 8.93. The lowest BCUT2D eigenvalue weighted by molar-refractivity contribution is 0.102. The van der Waals surface area contributed by atoms with Crippen LogP contribution < -0.4 is 5.32 Å². The number of hydrogen-bond acceptors (Lipinski definition) is 4. The first-order valence-corrected chi connectivity index (χ1v) is 7.53. The number of hydrogen-bond donors (Lipinski definition) is 1. The van der Waals surface area contributed by atoms with Gasteiger partial charge in [-0.1, -0.05) is 11.6 Å². The molecule has 0 spiro atoms. The molecule has 2 heterocycles. The van der Waals surface area contributed by atoms with Crippen LogP contribution >= 0.6 is 22.9 Å². The minimum Gasteiger partial charge on any atom is -0.322 e. The maximum absolute atomic E-state index is 12.3. The van der Waals surface area contributed by atoms with Crippen molar-refractivity contribution in [2.75, 3.05) is 5.32 Å². The second-order valence-corrected chi connectivity index (χ2v) is 6.31. The van der Waals surface area contributed by atoms with E-state index in [4.69, 9.17) is 11.6 Å². The molecule has 0 radical (unpaired) electrons. The van der Waals surface area contributed by atoms with E-state index in [1.807, 2.05) is 25.1 Å². The number of rotatable bonds is 2. The van der Waals surface area contributed by atoms with E-state index in [9.17, 15) is 4.79 Å². The summed E-state index contributed by atoms with van der Waals surface area (Å²) in [6.45, 7) is 3.76. The van der Waals surface area contributed by atoms with E-state index >= 15 is 0 Å². The standard InChI is InChI=1S/C15H12ClN3OS/c1-8-5-10(6-14(16)17-8)15(20)19-11-3-4-12-13(7-11)21-9(2)18-12/h3-7H,1-2H3,(H,19,20). The van der Waals surface area contributed by atoms with Crippen molar-refractivity contribution in [2.24, 2.45) is 0 Å². The van der Waals surface area contributed by atoms with Gasteiger partial charge in [0.25, 0.3) is 5.91 Å². The zero-order chi connectivity index (χ0) is 15.0. The molecule has 1 aromatic carbocycles. The first kappa shape index (κ1) is 14.0. The molecule has 4 nitrogen and oxygen atoms in total.